The van der Waals surface area contributed by atoms with E-state index in [4.69, 9.17) is 16.1 Å². The van der Waals surface area contributed by atoms with Crippen LogP contribution in [0.15, 0.2) is 39.8 Å². The molecule has 0 aliphatic carbocycles. The second-order valence-electron chi connectivity index (χ2n) is 3.84. The molecule has 0 aliphatic heterocycles. The number of hydrogen-bond donors (Lipinski definition) is 1. The molecule has 0 aliphatic rings. The fraction of sp³-hybridized carbons (Fsp3) is 0.0833. The van der Waals surface area contributed by atoms with E-state index < -0.39 is 0 Å². The second-order valence-corrected chi connectivity index (χ2v) is 4.28. The summed E-state index contributed by atoms with van der Waals surface area (Å²) in [5.41, 5.74) is 1.12. The molecule has 6 heteroatoms. The fourth-order valence-electron chi connectivity index (χ4n) is 1.74. The molecule has 0 radical (unpaired) electrons. The SMILES string of the molecule is O=c1[nH]c(Cc2ccon2)nc2ccc(Cl)cc12. The van der Waals surface area contributed by atoms with Crippen LogP contribution in [0.4, 0.5) is 0 Å². The first-order valence-corrected chi connectivity index (χ1v) is 5.68. The molecule has 1 aromatic carbocycles. The maximum absolute atomic E-state index is 11.9. The average Bonchev–Trinajstić information content (AvgIpc) is 2.83. The van der Waals surface area contributed by atoms with Gasteiger partial charge in [0.1, 0.15) is 12.1 Å². The van der Waals surface area contributed by atoms with Gasteiger partial charge in [0.15, 0.2) is 0 Å². The summed E-state index contributed by atoms with van der Waals surface area (Å²) < 4.78 is 4.73. The van der Waals surface area contributed by atoms with E-state index in [0.717, 1.165) is 0 Å². The predicted octanol–water partition coefficient (Wildman–Crippen LogP) is 2.16. The minimum Gasteiger partial charge on any atom is -0.364 e. The molecule has 1 N–H and O–H groups in total. The molecule has 90 valence electrons. The number of aromatic amines is 1. The van der Waals surface area contributed by atoms with Gasteiger partial charge in [-0.3, -0.25) is 4.79 Å². The Morgan fingerprint density at radius 2 is 2.22 bits per heavy atom. The standard InChI is InChI=1S/C12H8ClN3O2/c13-7-1-2-10-9(5-7)12(17)15-11(14-10)6-8-3-4-18-16-8/h1-5H,6H2,(H,14,15,17). The van der Waals surface area contributed by atoms with Crippen LogP contribution in [-0.2, 0) is 6.42 Å². The Kier molecular flexibility index (Phi) is 2.60. The van der Waals surface area contributed by atoms with Gasteiger partial charge < -0.3 is 9.51 Å². The molecular formula is C12H8ClN3O2. The van der Waals surface area contributed by atoms with E-state index in [9.17, 15) is 4.79 Å². The maximum Gasteiger partial charge on any atom is 0.258 e. The Hall–Kier alpha value is -2.14. The molecule has 2 aromatic heterocycles. The van der Waals surface area contributed by atoms with Crippen molar-refractivity contribution < 1.29 is 4.52 Å². The van der Waals surface area contributed by atoms with Crippen molar-refractivity contribution in [1.82, 2.24) is 15.1 Å². The number of nitrogens with one attached hydrogen (secondary N) is 1. The van der Waals surface area contributed by atoms with Gasteiger partial charge in [0, 0.05) is 11.1 Å². The van der Waals surface area contributed by atoms with Crippen molar-refractivity contribution in [1.29, 1.82) is 0 Å². The highest BCUT2D eigenvalue weighted by molar-refractivity contribution is 6.31. The number of fused-ring (bicyclic) bond motifs is 1. The number of hydrogen-bond acceptors (Lipinski definition) is 4. The first-order valence-electron chi connectivity index (χ1n) is 5.30. The molecule has 2 heterocycles. The molecular weight excluding hydrogens is 254 g/mol. The van der Waals surface area contributed by atoms with E-state index in [2.05, 4.69) is 15.1 Å². The van der Waals surface area contributed by atoms with Crippen molar-refractivity contribution in [3.63, 3.8) is 0 Å². The molecule has 0 unspecified atom stereocenters. The van der Waals surface area contributed by atoms with Crippen LogP contribution in [0, 0.1) is 0 Å². The van der Waals surface area contributed by atoms with Crippen LogP contribution in [0.2, 0.25) is 5.02 Å². The summed E-state index contributed by atoms with van der Waals surface area (Å²) in [6.07, 6.45) is 1.90. The topological polar surface area (TPSA) is 71.8 Å². The molecule has 0 bridgehead atoms. The van der Waals surface area contributed by atoms with Crippen LogP contribution in [-0.4, -0.2) is 15.1 Å². The first kappa shape index (κ1) is 11.0. The number of benzene rings is 1. The Morgan fingerprint density at radius 3 is 3.00 bits per heavy atom. The summed E-state index contributed by atoms with van der Waals surface area (Å²) in [5, 5.41) is 4.77. The normalized spacial score (nSPS) is 10.9. The summed E-state index contributed by atoms with van der Waals surface area (Å²) in [6, 6.07) is 6.75. The summed E-state index contributed by atoms with van der Waals surface area (Å²) in [5.74, 6) is 0.545. The van der Waals surface area contributed by atoms with Crippen LogP contribution in [0.1, 0.15) is 11.5 Å². The van der Waals surface area contributed by atoms with Gasteiger partial charge in [0.25, 0.3) is 5.56 Å². The van der Waals surface area contributed by atoms with Crippen molar-refractivity contribution in [3.8, 4) is 0 Å². The van der Waals surface area contributed by atoms with Crippen molar-refractivity contribution in [2.45, 2.75) is 6.42 Å². The Balaban J connectivity index is 2.10. The molecule has 18 heavy (non-hydrogen) atoms. The number of rotatable bonds is 2. The van der Waals surface area contributed by atoms with Gasteiger partial charge in [-0.2, -0.15) is 0 Å². The smallest absolute Gasteiger partial charge is 0.258 e. The monoisotopic (exact) mass is 261 g/mol. The van der Waals surface area contributed by atoms with Gasteiger partial charge in [-0.15, -0.1) is 0 Å². The first-order chi connectivity index (χ1) is 8.72. The van der Waals surface area contributed by atoms with Gasteiger partial charge in [-0.25, -0.2) is 4.98 Å². The van der Waals surface area contributed by atoms with Crippen LogP contribution in [0.5, 0.6) is 0 Å². The highest BCUT2D eigenvalue weighted by atomic mass is 35.5. The van der Waals surface area contributed by atoms with Gasteiger partial charge in [0.2, 0.25) is 0 Å². The van der Waals surface area contributed by atoms with E-state index in [1.807, 2.05) is 0 Å². The van der Waals surface area contributed by atoms with Crippen LogP contribution >= 0.6 is 11.6 Å². The maximum atomic E-state index is 11.9. The van der Waals surface area contributed by atoms with Crippen LogP contribution < -0.4 is 5.56 Å². The summed E-state index contributed by atoms with van der Waals surface area (Å²) in [6.45, 7) is 0. The number of halogens is 1. The van der Waals surface area contributed by atoms with Crippen molar-refractivity contribution in [3.05, 3.63) is 57.4 Å². The predicted molar refractivity (Wildman–Crippen MR) is 66.7 cm³/mol. The molecule has 0 saturated carbocycles. The highest BCUT2D eigenvalue weighted by Gasteiger charge is 2.06. The average molecular weight is 262 g/mol. The molecule has 3 rings (SSSR count). The van der Waals surface area contributed by atoms with E-state index in [0.29, 0.717) is 33.9 Å². The van der Waals surface area contributed by atoms with Gasteiger partial charge in [-0.05, 0) is 18.2 Å². The summed E-state index contributed by atoms with van der Waals surface area (Å²) in [4.78, 5) is 18.9. The fourth-order valence-corrected chi connectivity index (χ4v) is 1.92. The van der Waals surface area contributed by atoms with E-state index >= 15 is 0 Å². The number of H-pyrrole nitrogens is 1. The van der Waals surface area contributed by atoms with Gasteiger partial charge in [-0.1, -0.05) is 16.8 Å². The number of aromatic nitrogens is 3. The molecule has 5 nitrogen and oxygen atoms in total. The minimum atomic E-state index is -0.207. The summed E-state index contributed by atoms with van der Waals surface area (Å²) in [7, 11) is 0. The lowest BCUT2D eigenvalue weighted by molar-refractivity contribution is 0.412. The van der Waals surface area contributed by atoms with Crippen molar-refractivity contribution >= 4 is 22.5 Å². The van der Waals surface area contributed by atoms with E-state index in [1.165, 1.54) is 6.26 Å². The lowest BCUT2D eigenvalue weighted by Gasteiger charge is -2.01. The molecule has 0 saturated heterocycles. The Bertz CT molecular complexity index is 750. The zero-order valence-corrected chi connectivity index (χ0v) is 9.94. The minimum absolute atomic E-state index is 0.207. The molecule has 0 spiro atoms. The largest absolute Gasteiger partial charge is 0.364 e. The Morgan fingerprint density at radius 1 is 1.33 bits per heavy atom. The third kappa shape index (κ3) is 2.00. The molecule has 0 fully saturated rings. The lowest BCUT2D eigenvalue weighted by atomic mass is 10.2. The zero-order chi connectivity index (χ0) is 12.5. The Labute approximate surface area is 106 Å². The molecule has 0 atom stereocenters. The van der Waals surface area contributed by atoms with Crippen molar-refractivity contribution in [2.75, 3.05) is 0 Å². The van der Waals surface area contributed by atoms with Crippen LogP contribution in [0.3, 0.4) is 0 Å². The second kappa shape index (κ2) is 4.27. The van der Waals surface area contributed by atoms with Gasteiger partial charge in [0.05, 0.1) is 23.0 Å². The molecule has 3 aromatic rings. The van der Waals surface area contributed by atoms with Crippen molar-refractivity contribution in [2.24, 2.45) is 0 Å². The van der Waals surface area contributed by atoms with Gasteiger partial charge >= 0.3 is 0 Å². The summed E-state index contributed by atoms with van der Waals surface area (Å²) >= 11 is 5.84. The van der Waals surface area contributed by atoms with E-state index in [1.54, 1.807) is 24.3 Å². The zero-order valence-electron chi connectivity index (χ0n) is 9.18. The lowest BCUT2D eigenvalue weighted by Crippen LogP contribution is -2.12. The highest BCUT2D eigenvalue weighted by Crippen LogP contribution is 2.14. The quantitative estimate of drug-likeness (QED) is 0.767. The number of nitrogens with zero attached hydrogens (tertiary/aromatic N) is 2. The van der Waals surface area contributed by atoms with E-state index in [-0.39, 0.29) is 5.56 Å². The molecule has 0 amide bonds. The van der Waals surface area contributed by atoms with Crippen LogP contribution in [0.25, 0.3) is 10.9 Å². The third-order valence-electron chi connectivity index (χ3n) is 2.56. The third-order valence-corrected chi connectivity index (χ3v) is 2.79.